The van der Waals surface area contributed by atoms with Crippen molar-refractivity contribution in [2.24, 2.45) is 0 Å². The summed E-state index contributed by atoms with van der Waals surface area (Å²) in [4.78, 5) is 11.8. The van der Waals surface area contributed by atoms with E-state index in [-0.39, 0.29) is 5.91 Å². The minimum atomic E-state index is -0.307. The van der Waals surface area contributed by atoms with E-state index >= 15 is 0 Å². The summed E-state index contributed by atoms with van der Waals surface area (Å²) in [5.74, 6) is -0.307. The van der Waals surface area contributed by atoms with Crippen molar-refractivity contribution in [2.45, 2.75) is 0 Å². The topological polar surface area (TPSA) is 29.1 Å². The maximum absolute atomic E-state index is 11.8. The Morgan fingerprint density at radius 2 is 1.59 bits per heavy atom. The van der Waals surface area contributed by atoms with Crippen LogP contribution in [0.25, 0.3) is 6.08 Å². The molecule has 0 aliphatic heterocycles. The van der Waals surface area contributed by atoms with Crippen LogP contribution >= 0.6 is 34.8 Å². The van der Waals surface area contributed by atoms with Gasteiger partial charge >= 0.3 is 0 Å². The largest absolute Gasteiger partial charge is 0.321 e. The van der Waals surface area contributed by atoms with Gasteiger partial charge in [-0.15, -0.1) is 0 Å². The van der Waals surface area contributed by atoms with E-state index in [1.165, 1.54) is 18.2 Å². The van der Waals surface area contributed by atoms with Crippen LogP contribution in [-0.4, -0.2) is 5.91 Å². The number of anilines is 1. The first-order chi connectivity index (χ1) is 10.6. The Morgan fingerprint density at radius 3 is 2.32 bits per heavy atom. The van der Waals surface area contributed by atoms with E-state index in [1.54, 1.807) is 12.2 Å². The summed E-state index contributed by atoms with van der Waals surface area (Å²) in [6, 6.07) is 12.8. The fraction of sp³-hybridized carbons (Fsp3) is 0. The molecule has 0 heterocycles. The average molecular weight is 353 g/mol. The molecule has 2 aromatic carbocycles. The fourth-order valence-corrected chi connectivity index (χ4v) is 2.26. The number of allylic oxidation sites excluding steroid dienone is 2. The molecule has 5 heteroatoms. The van der Waals surface area contributed by atoms with Crippen LogP contribution in [0, 0.1) is 0 Å². The molecule has 0 spiro atoms. The lowest BCUT2D eigenvalue weighted by atomic mass is 10.2. The van der Waals surface area contributed by atoms with Gasteiger partial charge in [-0.05, 0) is 17.7 Å². The van der Waals surface area contributed by atoms with Gasteiger partial charge < -0.3 is 5.32 Å². The lowest BCUT2D eigenvalue weighted by Gasteiger charge is -2.06. The third-order valence-corrected chi connectivity index (χ3v) is 3.75. The normalized spacial score (nSPS) is 11.2. The molecule has 1 amide bonds. The first kappa shape index (κ1) is 16.6. The standard InChI is InChI=1S/C17H12Cl3NO/c18-13-10-15(20)16(11-14(13)19)21-17(22)9-5-4-8-12-6-2-1-3-7-12/h1-11H,(H,21,22)/b8-4+,9-5+. The molecule has 0 saturated carbocycles. The second-order valence-electron chi connectivity index (χ2n) is 4.36. The Bertz CT molecular complexity index is 724. The van der Waals surface area contributed by atoms with Gasteiger partial charge in [0, 0.05) is 6.08 Å². The number of halogens is 3. The number of hydrogen-bond acceptors (Lipinski definition) is 1. The molecule has 0 aromatic heterocycles. The molecule has 0 aliphatic carbocycles. The molecule has 0 bridgehead atoms. The van der Waals surface area contributed by atoms with Gasteiger partial charge in [-0.25, -0.2) is 0 Å². The maximum Gasteiger partial charge on any atom is 0.248 e. The predicted molar refractivity (Wildman–Crippen MR) is 94.7 cm³/mol. The van der Waals surface area contributed by atoms with Gasteiger partial charge in [0.2, 0.25) is 5.91 Å². The molecule has 22 heavy (non-hydrogen) atoms. The first-order valence-electron chi connectivity index (χ1n) is 6.41. The lowest BCUT2D eigenvalue weighted by molar-refractivity contribution is -0.111. The van der Waals surface area contributed by atoms with Crippen LogP contribution in [0.5, 0.6) is 0 Å². The Hall–Kier alpha value is -1.74. The number of hydrogen-bond donors (Lipinski definition) is 1. The van der Waals surface area contributed by atoms with Gasteiger partial charge in [-0.1, -0.05) is 83.4 Å². The maximum atomic E-state index is 11.8. The molecule has 0 unspecified atom stereocenters. The van der Waals surface area contributed by atoms with Crippen LogP contribution in [-0.2, 0) is 4.79 Å². The van der Waals surface area contributed by atoms with Gasteiger partial charge in [0.05, 0.1) is 20.8 Å². The molecule has 0 fully saturated rings. The fourth-order valence-electron chi connectivity index (χ4n) is 1.67. The minimum Gasteiger partial charge on any atom is -0.321 e. The molecular formula is C17H12Cl3NO. The van der Waals surface area contributed by atoms with Crippen LogP contribution < -0.4 is 5.32 Å². The van der Waals surface area contributed by atoms with Gasteiger partial charge in [0.25, 0.3) is 0 Å². The summed E-state index contributed by atoms with van der Waals surface area (Å²) < 4.78 is 0. The van der Waals surface area contributed by atoms with Crippen molar-refractivity contribution in [3.8, 4) is 0 Å². The van der Waals surface area contributed by atoms with Gasteiger partial charge in [-0.3, -0.25) is 4.79 Å². The molecule has 2 nitrogen and oxygen atoms in total. The third-order valence-electron chi connectivity index (χ3n) is 2.71. The molecular weight excluding hydrogens is 341 g/mol. The molecule has 1 N–H and O–H groups in total. The van der Waals surface area contributed by atoms with Crippen LogP contribution in [0.4, 0.5) is 5.69 Å². The van der Waals surface area contributed by atoms with E-state index in [1.807, 2.05) is 36.4 Å². The summed E-state index contributed by atoms with van der Waals surface area (Å²) in [7, 11) is 0. The van der Waals surface area contributed by atoms with Crippen molar-refractivity contribution in [1.82, 2.24) is 0 Å². The van der Waals surface area contributed by atoms with E-state index in [4.69, 9.17) is 34.8 Å². The highest BCUT2D eigenvalue weighted by Gasteiger charge is 2.07. The molecule has 112 valence electrons. The summed E-state index contributed by atoms with van der Waals surface area (Å²) in [6.07, 6.45) is 6.73. The van der Waals surface area contributed by atoms with Crippen LogP contribution in [0.3, 0.4) is 0 Å². The van der Waals surface area contributed by atoms with E-state index in [9.17, 15) is 4.79 Å². The average Bonchev–Trinajstić information content (AvgIpc) is 2.50. The van der Waals surface area contributed by atoms with Crippen LogP contribution in [0.1, 0.15) is 5.56 Å². The molecule has 0 atom stereocenters. The highest BCUT2D eigenvalue weighted by Crippen LogP contribution is 2.32. The van der Waals surface area contributed by atoms with Crippen molar-refractivity contribution in [3.05, 3.63) is 81.3 Å². The van der Waals surface area contributed by atoms with Crippen molar-refractivity contribution in [2.75, 3.05) is 5.32 Å². The molecule has 2 aromatic rings. The van der Waals surface area contributed by atoms with E-state index < -0.39 is 0 Å². The highest BCUT2D eigenvalue weighted by molar-refractivity contribution is 6.44. The number of carbonyl (C=O) groups is 1. The van der Waals surface area contributed by atoms with E-state index in [0.29, 0.717) is 20.8 Å². The Labute approximate surface area is 144 Å². The minimum absolute atomic E-state index is 0.307. The number of nitrogens with one attached hydrogen (secondary N) is 1. The van der Waals surface area contributed by atoms with Gasteiger partial charge in [0.15, 0.2) is 0 Å². The smallest absolute Gasteiger partial charge is 0.248 e. The Morgan fingerprint density at radius 1 is 0.909 bits per heavy atom. The van der Waals surface area contributed by atoms with Gasteiger partial charge in [0.1, 0.15) is 0 Å². The van der Waals surface area contributed by atoms with Crippen LogP contribution in [0.2, 0.25) is 15.1 Å². The summed E-state index contributed by atoms with van der Waals surface area (Å²) >= 11 is 17.7. The number of rotatable bonds is 4. The second-order valence-corrected chi connectivity index (χ2v) is 5.59. The quantitative estimate of drug-likeness (QED) is 0.417. The Balaban J connectivity index is 1.97. The van der Waals surface area contributed by atoms with Gasteiger partial charge in [-0.2, -0.15) is 0 Å². The number of carbonyl (C=O) groups excluding carboxylic acids is 1. The van der Waals surface area contributed by atoms with Crippen LogP contribution in [0.15, 0.2) is 60.7 Å². The molecule has 0 saturated heterocycles. The number of benzene rings is 2. The predicted octanol–water partition coefficient (Wildman–Crippen LogP) is 5.85. The zero-order chi connectivity index (χ0) is 15.9. The SMILES string of the molecule is O=C(/C=C/C=C/c1ccccc1)Nc1cc(Cl)c(Cl)cc1Cl. The third kappa shape index (κ3) is 4.92. The summed E-state index contributed by atoms with van der Waals surface area (Å²) in [6.45, 7) is 0. The second kappa shape index (κ2) is 8.04. The van der Waals surface area contributed by atoms with E-state index in [0.717, 1.165) is 5.56 Å². The Kier molecular flexibility index (Phi) is 6.08. The first-order valence-corrected chi connectivity index (χ1v) is 7.55. The number of amides is 1. The van der Waals surface area contributed by atoms with Crippen molar-refractivity contribution in [3.63, 3.8) is 0 Å². The molecule has 0 aliphatic rings. The van der Waals surface area contributed by atoms with Crippen molar-refractivity contribution >= 4 is 52.5 Å². The molecule has 0 radical (unpaired) electrons. The molecule has 2 rings (SSSR count). The highest BCUT2D eigenvalue weighted by atomic mass is 35.5. The monoisotopic (exact) mass is 351 g/mol. The zero-order valence-electron chi connectivity index (χ0n) is 11.4. The van der Waals surface area contributed by atoms with Crippen molar-refractivity contribution in [1.29, 1.82) is 0 Å². The lowest BCUT2D eigenvalue weighted by Crippen LogP contribution is -2.08. The summed E-state index contributed by atoms with van der Waals surface area (Å²) in [5.41, 5.74) is 1.47. The van der Waals surface area contributed by atoms with Crippen molar-refractivity contribution < 1.29 is 4.79 Å². The van der Waals surface area contributed by atoms with E-state index in [2.05, 4.69) is 5.32 Å². The zero-order valence-corrected chi connectivity index (χ0v) is 13.7. The summed E-state index contributed by atoms with van der Waals surface area (Å²) in [5, 5.41) is 3.64.